The fraction of sp³-hybridized carbons (Fsp3) is 0.300. The van der Waals surface area contributed by atoms with Gasteiger partial charge in [0.15, 0.2) is 22.5 Å². The molecule has 1 aromatic carbocycles. The van der Waals surface area contributed by atoms with Crippen LogP contribution >= 0.6 is 11.8 Å². The van der Waals surface area contributed by atoms with Crippen LogP contribution in [0.25, 0.3) is 11.4 Å². The van der Waals surface area contributed by atoms with Crippen LogP contribution in [0.4, 0.5) is 0 Å². The predicted octanol–water partition coefficient (Wildman–Crippen LogP) is 3.42. The molecule has 0 saturated heterocycles. The van der Waals surface area contributed by atoms with E-state index in [0.29, 0.717) is 35.4 Å². The second kappa shape index (κ2) is 9.91. The van der Waals surface area contributed by atoms with Crippen LogP contribution in [0, 0.1) is 11.3 Å². The van der Waals surface area contributed by atoms with Crippen molar-refractivity contribution in [3.63, 3.8) is 0 Å². The summed E-state index contributed by atoms with van der Waals surface area (Å²) in [7, 11) is 4.88. The number of nitriles is 1. The van der Waals surface area contributed by atoms with Crippen LogP contribution < -0.4 is 9.47 Å². The number of nitrogens with zero attached hydrogens (tertiary/aromatic N) is 5. The molecule has 2 heterocycles. The number of benzene rings is 1. The van der Waals surface area contributed by atoms with E-state index in [-0.39, 0.29) is 0 Å². The van der Waals surface area contributed by atoms with Gasteiger partial charge in [0.1, 0.15) is 11.1 Å². The Morgan fingerprint density at radius 3 is 2.55 bits per heavy atom. The second-order valence-electron chi connectivity index (χ2n) is 5.97. The molecule has 8 nitrogen and oxygen atoms in total. The minimum atomic E-state index is 0.516. The molecule has 0 N–H and O–H groups in total. The lowest BCUT2D eigenvalue weighted by atomic mass is 10.2. The first-order valence-electron chi connectivity index (χ1n) is 8.88. The quantitative estimate of drug-likeness (QED) is 0.494. The van der Waals surface area contributed by atoms with E-state index >= 15 is 0 Å². The summed E-state index contributed by atoms with van der Waals surface area (Å²) >= 11 is 1.40. The zero-order valence-electron chi connectivity index (χ0n) is 16.5. The molecular weight excluding hydrogens is 390 g/mol. The minimum Gasteiger partial charge on any atom is -0.493 e. The number of methoxy groups -OCH3 is 3. The maximum Gasteiger partial charge on any atom is 0.197 e. The molecule has 2 aromatic heterocycles. The first kappa shape index (κ1) is 20.6. The third-order valence-corrected chi connectivity index (χ3v) is 5.09. The highest BCUT2D eigenvalue weighted by Crippen LogP contribution is 2.34. The van der Waals surface area contributed by atoms with Gasteiger partial charge in [-0.25, -0.2) is 4.98 Å². The van der Waals surface area contributed by atoms with E-state index in [4.69, 9.17) is 19.5 Å². The number of aromatic nitrogens is 4. The Labute approximate surface area is 173 Å². The van der Waals surface area contributed by atoms with Crippen LogP contribution in [0.3, 0.4) is 0 Å². The molecule has 0 amide bonds. The third kappa shape index (κ3) is 4.85. The van der Waals surface area contributed by atoms with E-state index in [1.165, 1.54) is 11.8 Å². The number of ether oxygens (including phenoxy) is 3. The van der Waals surface area contributed by atoms with Gasteiger partial charge >= 0.3 is 0 Å². The smallest absolute Gasteiger partial charge is 0.197 e. The van der Waals surface area contributed by atoms with E-state index in [1.54, 1.807) is 39.7 Å². The number of hydrogen-bond donors (Lipinski definition) is 0. The maximum atomic E-state index is 8.94. The molecule has 0 atom stereocenters. The Balaban J connectivity index is 1.95. The van der Waals surface area contributed by atoms with E-state index in [0.717, 1.165) is 22.8 Å². The molecule has 0 aliphatic heterocycles. The summed E-state index contributed by atoms with van der Waals surface area (Å²) in [4.78, 5) is 4.31. The van der Waals surface area contributed by atoms with Crippen LogP contribution in [-0.2, 0) is 11.3 Å². The zero-order chi connectivity index (χ0) is 20.6. The zero-order valence-corrected chi connectivity index (χ0v) is 17.3. The van der Waals surface area contributed by atoms with Crippen molar-refractivity contribution in [2.24, 2.45) is 0 Å². The number of pyridine rings is 1. The monoisotopic (exact) mass is 411 g/mol. The SMILES string of the molecule is COCCCn1c(Sc2ccc(C#N)cn2)nnc1-c1ccc(OC)c(OC)c1. The highest BCUT2D eigenvalue weighted by Gasteiger charge is 2.17. The van der Waals surface area contributed by atoms with Gasteiger partial charge in [-0.1, -0.05) is 0 Å². The van der Waals surface area contributed by atoms with Gasteiger partial charge in [0, 0.05) is 32.0 Å². The molecule has 0 unspecified atom stereocenters. The molecule has 3 rings (SSSR count). The van der Waals surface area contributed by atoms with Crippen LogP contribution in [0.1, 0.15) is 12.0 Å². The molecule has 0 spiro atoms. The van der Waals surface area contributed by atoms with Crippen LogP contribution in [0.15, 0.2) is 46.7 Å². The number of rotatable bonds is 9. The lowest BCUT2D eigenvalue weighted by Crippen LogP contribution is -2.05. The minimum absolute atomic E-state index is 0.516. The Bertz CT molecular complexity index is 998. The summed E-state index contributed by atoms with van der Waals surface area (Å²) in [5.74, 6) is 2.00. The van der Waals surface area contributed by atoms with Crippen molar-refractivity contribution in [1.29, 1.82) is 5.26 Å². The summed E-state index contributed by atoms with van der Waals surface area (Å²) in [6.07, 6.45) is 2.35. The van der Waals surface area contributed by atoms with Gasteiger partial charge in [-0.3, -0.25) is 0 Å². The average Bonchev–Trinajstić information content (AvgIpc) is 3.16. The predicted molar refractivity (Wildman–Crippen MR) is 108 cm³/mol. The maximum absolute atomic E-state index is 8.94. The molecule has 0 saturated carbocycles. The van der Waals surface area contributed by atoms with Crippen molar-refractivity contribution >= 4 is 11.8 Å². The van der Waals surface area contributed by atoms with Gasteiger partial charge in [-0.05, 0) is 48.5 Å². The normalized spacial score (nSPS) is 10.6. The molecule has 0 radical (unpaired) electrons. The molecule has 29 heavy (non-hydrogen) atoms. The Kier molecular flexibility index (Phi) is 7.05. The topological polar surface area (TPSA) is 95.1 Å². The van der Waals surface area contributed by atoms with Crippen molar-refractivity contribution < 1.29 is 14.2 Å². The fourth-order valence-electron chi connectivity index (χ4n) is 2.72. The van der Waals surface area contributed by atoms with E-state index in [1.807, 2.05) is 22.8 Å². The van der Waals surface area contributed by atoms with Crippen molar-refractivity contribution in [2.45, 2.75) is 23.1 Å². The van der Waals surface area contributed by atoms with Gasteiger partial charge in [-0.2, -0.15) is 5.26 Å². The number of hydrogen-bond acceptors (Lipinski definition) is 8. The standard InChI is InChI=1S/C20H21N5O3S/c1-26-10-4-9-25-19(15-6-7-16(27-2)17(11-15)28-3)23-24-20(25)29-18-8-5-14(12-21)13-22-18/h5-8,11,13H,4,9-10H2,1-3H3. The molecule has 0 fully saturated rings. The van der Waals surface area contributed by atoms with Gasteiger partial charge in [0.25, 0.3) is 0 Å². The van der Waals surface area contributed by atoms with E-state index < -0.39 is 0 Å². The fourth-order valence-corrected chi connectivity index (χ4v) is 3.52. The van der Waals surface area contributed by atoms with Crippen molar-refractivity contribution in [2.75, 3.05) is 27.9 Å². The molecule has 0 bridgehead atoms. The second-order valence-corrected chi connectivity index (χ2v) is 6.96. The summed E-state index contributed by atoms with van der Waals surface area (Å²) in [5.41, 5.74) is 1.38. The highest BCUT2D eigenvalue weighted by atomic mass is 32.2. The van der Waals surface area contributed by atoms with Gasteiger partial charge in [-0.15, -0.1) is 10.2 Å². The average molecular weight is 411 g/mol. The van der Waals surface area contributed by atoms with Crippen molar-refractivity contribution in [1.82, 2.24) is 19.7 Å². The van der Waals surface area contributed by atoms with Crippen LogP contribution in [-0.4, -0.2) is 47.7 Å². The van der Waals surface area contributed by atoms with Gasteiger partial charge in [0.05, 0.1) is 19.8 Å². The summed E-state index contributed by atoms with van der Waals surface area (Å²) in [6, 6.07) is 11.2. The molecule has 150 valence electrons. The van der Waals surface area contributed by atoms with Crippen LogP contribution in [0.5, 0.6) is 11.5 Å². The Hall–Kier alpha value is -3.09. The lowest BCUT2D eigenvalue weighted by Gasteiger charge is -2.12. The first-order chi connectivity index (χ1) is 14.2. The van der Waals surface area contributed by atoms with Gasteiger partial charge in [0.2, 0.25) is 0 Å². The van der Waals surface area contributed by atoms with Crippen molar-refractivity contribution in [3.8, 4) is 29.0 Å². The summed E-state index contributed by atoms with van der Waals surface area (Å²) in [5, 5.41) is 19.2. The van der Waals surface area contributed by atoms with Gasteiger partial charge < -0.3 is 18.8 Å². The van der Waals surface area contributed by atoms with E-state index in [2.05, 4.69) is 21.3 Å². The molecule has 9 heteroatoms. The Morgan fingerprint density at radius 1 is 1.07 bits per heavy atom. The lowest BCUT2D eigenvalue weighted by molar-refractivity contribution is 0.189. The first-order valence-corrected chi connectivity index (χ1v) is 9.70. The van der Waals surface area contributed by atoms with Crippen LogP contribution in [0.2, 0.25) is 0 Å². The third-order valence-electron chi connectivity index (χ3n) is 4.15. The largest absolute Gasteiger partial charge is 0.493 e. The molecule has 0 aliphatic rings. The van der Waals surface area contributed by atoms with Crippen molar-refractivity contribution in [3.05, 3.63) is 42.1 Å². The molecular formula is C20H21N5O3S. The van der Waals surface area contributed by atoms with E-state index in [9.17, 15) is 0 Å². The molecule has 3 aromatic rings. The Morgan fingerprint density at radius 2 is 1.90 bits per heavy atom. The summed E-state index contributed by atoms with van der Waals surface area (Å²) in [6.45, 7) is 1.31. The molecule has 0 aliphatic carbocycles. The highest BCUT2D eigenvalue weighted by molar-refractivity contribution is 7.99. The summed E-state index contributed by atoms with van der Waals surface area (Å²) < 4.78 is 18.0.